The molecule has 0 aliphatic rings. The second-order valence-corrected chi connectivity index (χ2v) is 7.01. The van der Waals surface area contributed by atoms with Gasteiger partial charge in [0.05, 0.1) is 14.2 Å². The zero-order valence-corrected chi connectivity index (χ0v) is 17.1. The highest BCUT2D eigenvalue weighted by Gasteiger charge is 2.21. The van der Waals surface area contributed by atoms with Crippen molar-refractivity contribution in [2.45, 2.75) is 12.8 Å². The van der Waals surface area contributed by atoms with Crippen LogP contribution in [0.1, 0.15) is 31.8 Å². The van der Waals surface area contributed by atoms with Crippen LogP contribution < -0.4 is 9.47 Å². The molecule has 0 amide bonds. The summed E-state index contributed by atoms with van der Waals surface area (Å²) in [6.45, 7) is 0. The van der Waals surface area contributed by atoms with Crippen LogP contribution in [0, 0.1) is 0 Å². The van der Waals surface area contributed by atoms with Gasteiger partial charge in [-0.15, -0.1) is 0 Å². The number of benzene rings is 3. The van der Waals surface area contributed by atoms with Crippen LogP contribution in [0.2, 0.25) is 0 Å². The minimum absolute atomic E-state index is 0.0152. The van der Waals surface area contributed by atoms with Gasteiger partial charge in [0.15, 0.2) is 0 Å². The fraction of sp³-hybridized carbons (Fsp3) is 0.167. The third-order valence-corrected chi connectivity index (χ3v) is 4.72. The molecule has 0 aromatic heterocycles. The molecule has 0 aliphatic carbocycles. The zero-order chi connectivity index (χ0) is 22.5. The number of hydrogen-bond acceptors (Lipinski definition) is 7. The van der Waals surface area contributed by atoms with Crippen molar-refractivity contribution in [3.8, 4) is 28.7 Å². The summed E-state index contributed by atoms with van der Waals surface area (Å²) in [5.41, 5.74) is 1.48. The average molecular weight is 422 g/mol. The van der Waals surface area contributed by atoms with Gasteiger partial charge in [-0.2, -0.15) is 0 Å². The highest BCUT2D eigenvalue weighted by atomic mass is 16.5. The topological polar surface area (TPSA) is 113 Å². The minimum atomic E-state index is -0.830. The summed E-state index contributed by atoms with van der Waals surface area (Å²) in [7, 11) is 2.89. The molecule has 0 atom stereocenters. The van der Waals surface area contributed by atoms with E-state index in [0.717, 1.165) is 5.56 Å². The first-order valence-corrected chi connectivity index (χ1v) is 9.46. The number of Topliss-reactive ketones (excluding diaryl/α,β-unsaturated/α-hetero) is 2. The predicted octanol–water partition coefficient (Wildman–Crippen LogP) is 3.67. The summed E-state index contributed by atoms with van der Waals surface area (Å²) >= 11 is 0. The van der Waals surface area contributed by atoms with E-state index in [1.165, 1.54) is 50.6 Å². The van der Waals surface area contributed by atoms with E-state index in [4.69, 9.17) is 9.47 Å². The van der Waals surface area contributed by atoms with Crippen LogP contribution in [0.4, 0.5) is 0 Å². The van der Waals surface area contributed by atoms with Gasteiger partial charge in [-0.1, -0.05) is 0 Å². The molecule has 0 spiro atoms. The van der Waals surface area contributed by atoms with Crippen LogP contribution in [0.25, 0.3) is 0 Å². The fourth-order valence-electron chi connectivity index (χ4n) is 3.24. The van der Waals surface area contributed by atoms with Gasteiger partial charge in [0.2, 0.25) is 11.6 Å². The molecule has 0 radical (unpaired) electrons. The van der Waals surface area contributed by atoms with Crippen molar-refractivity contribution in [1.82, 2.24) is 0 Å². The second-order valence-electron chi connectivity index (χ2n) is 7.01. The van der Waals surface area contributed by atoms with Crippen molar-refractivity contribution in [2.24, 2.45) is 0 Å². The summed E-state index contributed by atoms with van der Waals surface area (Å²) in [5.74, 6) is -1.15. The molecule has 3 aromatic rings. The monoisotopic (exact) mass is 422 g/mol. The molecule has 0 unspecified atom stereocenters. The lowest BCUT2D eigenvalue weighted by Crippen LogP contribution is -2.15. The lowest BCUT2D eigenvalue weighted by atomic mass is 9.97. The summed E-state index contributed by atoms with van der Waals surface area (Å²) in [6.07, 6.45) is 0.967. The van der Waals surface area contributed by atoms with E-state index >= 15 is 0 Å². The number of carbonyl (C=O) groups is 2. The quantitative estimate of drug-likeness (QED) is 0.375. The molecule has 0 fully saturated rings. The molecule has 0 bridgehead atoms. The normalized spacial score (nSPS) is 10.5. The van der Waals surface area contributed by atoms with E-state index in [2.05, 4.69) is 0 Å². The summed E-state index contributed by atoms with van der Waals surface area (Å²) < 4.78 is 10.2. The largest absolute Gasteiger partial charge is 0.508 e. The lowest BCUT2D eigenvalue weighted by Gasteiger charge is -2.09. The Balaban J connectivity index is 1.82. The Morgan fingerprint density at radius 3 is 1.58 bits per heavy atom. The van der Waals surface area contributed by atoms with E-state index in [1.54, 1.807) is 18.2 Å². The molecule has 0 aliphatic heterocycles. The summed E-state index contributed by atoms with van der Waals surface area (Å²) in [5, 5.41) is 29.6. The standard InChI is InChI=1S/C24H22O7/c1-30-21-8-15(7-19(26)12-21)4-3-14-5-16(9-18(25)6-14)23(28)24(29)17-10-20(27)13-22(11-17)31-2/h5-13,25-27H,3-4H2,1-2H3. The van der Waals surface area contributed by atoms with Gasteiger partial charge >= 0.3 is 0 Å². The molecule has 3 N–H and O–H groups in total. The number of hydrogen-bond donors (Lipinski definition) is 3. The Morgan fingerprint density at radius 2 is 1.03 bits per heavy atom. The van der Waals surface area contributed by atoms with Crippen molar-refractivity contribution in [3.63, 3.8) is 0 Å². The highest BCUT2D eigenvalue weighted by molar-refractivity contribution is 6.49. The molecule has 0 heterocycles. The molecular formula is C24H22O7. The van der Waals surface area contributed by atoms with Crippen LogP contribution in [-0.2, 0) is 12.8 Å². The Morgan fingerprint density at radius 1 is 0.613 bits per heavy atom. The third-order valence-electron chi connectivity index (χ3n) is 4.72. The number of ketones is 2. The summed E-state index contributed by atoms with van der Waals surface area (Å²) in [4.78, 5) is 25.4. The van der Waals surface area contributed by atoms with Crippen molar-refractivity contribution >= 4 is 11.6 Å². The molecule has 7 nitrogen and oxygen atoms in total. The third kappa shape index (κ3) is 5.33. The Hall–Kier alpha value is -4.00. The van der Waals surface area contributed by atoms with Crippen LogP contribution >= 0.6 is 0 Å². The molecule has 0 saturated carbocycles. The van der Waals surface area contributed by atoms with Crippen LogP contribution in [-0.4, -0.2) is 41.1 Å². The molecule has 0 saturated heterocycles. The molecular weight excluding hydrogens is 400 g/mol. The first-order valence-electron chi connectivity index (χ1n) is 9.46. The van der Waals surface area contributed by atoms with Crippen LogP contribution in [0.15, 0.2) is 54.6 Å². The van der Waals surface area contributed by atoms with Crippen LogP contribution in [0.5, 0.6) is 28.7 Å². The number of rotatable bonds is 8. The first kappa shape index (κ1) is 21.7. The van der Waals surface area contributed by atoms with Gasteiger partial charge in [0.25, 0.3) is 0 Å². The van der Waals surface area contributed by atoms with Gasteiger partial charge < -0.3 is 24.8 Å². The molecule has 3 rings (SSSR count). The van der Waals surface area contributed by atoms with Crippen molar-refractivity contribution in [1.29, 1.82) is 0 Å². The lowest BCUT2D eigenvalue weighted by molar-refractivity contribution is 0.0816. The van der Waals surface area contributed by atoms with E-state index in [9.17, 15) is 24.9 Å². The van der Waals surface area contributed by atoms with E-state index < -0.39 is 11.6 Å². The smallest absolute Gasteiger partial charge is 0.233 e. The first-order chi connectivity index (χ1) is 14.8. The van der Waals surface area contributed by atoms with Crippen molar-refractivity contribution in [2.75, 3.05) is 14.2 Å². The van der Waals surface area contributed by atoms with E-state index in [0.29, 0.717) is 24.2 Å². The number of methoxy groups -OCH3 is 2. The number of ether oxygens (including phenoxy) is 2. The minimum Gasteiger partial charge on any atom is -0.508 e. The molecule has 160 valence electrons. The number of aryl methyl sites for hydroxylation is 2. The van der Waals surface area contributed by atoms with Crippen molar-refractivity contribution in [3.05, 3.63) is 76.9 Å². The zero-order valence-electron chi connectivity index (χ0n) is 17.1. The fourth-order valence-corrected chi connectivity index (χ4v) is 3.24. The van der Waals surface area contributed by atoms with Gasteiger partial charge in [0.1, 0.15) is 28.7 Å². The van der Waals surface area contributed by atoms with Crippen LogP contribution in [0.3, 0.4) is 0 Å². The van der Waals surface area contributed by atoms with Crippen molar-refractivity contribution < 1.29 is 34.4 Å². The Bertz CT molecular complexity index is 1130. The number of aromatic hydroxyl groups is 3. The van der Waals surface area contributed by atoms with E-state index in [1.807, 2.05) is 0 Å². The molecule has 31 heavy (non-hydrogen) atoms. The second kappa shape index (κ2) is 9.21. The number of carbonyl (C=O) groups excluding carboxylic acids is 2. The highest BCUT2D eigenvalue weighted by Crippen LogP contribution is 2.25. The predicted molar refractivity (Wildman–Crippen MR) is 113 cm³/mol. The SMILES string of the molecule is COc1cc(O)cc(CCc2cc(O)cc(C(=O)C(=O)c3cc(O)cc(OC)c3)c2)c1. The van der Waals surface area contributed by atoms with Gasteiger partial charge in [-0.25, -0.2) is 0 Å². The Labute approximate surface area is 179 Å². The maximum Gasteiger partial charge on any atom is 0.233 e. The molecule has 7 heteroatoms. The average Bonchev–Trinajstić information content (AvgIpc) is 2.75. The Kier molecular flexibility index (Phi) is 6.45. The summed E-state index contributed by atoms with van der Waals surface area (Å²) in [6, 6.07) is 13.0. The van der Waals surface area contributed by atoms with Gasteiger partial charge in [-0.3, -0.25) is 9.59 Å². The van der Waals surface area contributed by atoms with Gasteiger partial charge in [0, 0.05) is 23.3 Å². The number of phenols is 3. The number of phenolic OH excluding ortho intramolecular Hbond substituents is 3. The maximum atomic E-state index is 12.7. The van der Waals surface area contributed by atoms with E-state index in [-0.39, 0.29) is 34.1 Å². The molecule has 3 aromatic carbocycles. The maximum absolute atomic E-state index is 12.7. The van der Waals surface area contributed by atoms with Gasteiger partial charge in [-0.05, 0) is 66.4 Å².